The van der Waals surface area contributed by atoms with Gasteiger partial charge in [0.1, 0.15) is 6.04 Å². The molecule has 0 aliphatic carbocycles. The van der Waals surface area contributed by atoms with Gasteiger partial charge in [0.25, 0.3) is 5.91 Å². The van der Waals surface area contributed by atoms with Gasteiger partial charge in [0, 0.05) is 13.1 Å². The highest BCUT2D eigenvalue weighted by Gasteiger charge is 2.25. The summed E-state index contributed by atoms with van der Waals surface area (Å²) in [5, 5.41) is 7.58. The maximum absolute atomic E-state index is 12.5. The summed E-state index contributed by atoms with van der Waals surface area (Å²) in [5.41, 5.74) is 5.40. The third-order valence-corrected chi connectivity index (χ3v) is 5.71. The number of amides is 3. The normalized spacial score (nSPS) is 18.9. The van der Waals surface area contributed by atoms with Crippen molar-refractivity contribution in [3.8, 4) is 0 Å². The van der Waals surface area contributed by atoms with Crippen LogP contribution >= 0.6 is 11.3 Å². The van der Waals surface area contributed by atoms with Crippen LogP contribution in [0.3, 0.4) is 0 Å². The number of thiophene rings is 1. The first-order valence-electron chi connectivity index (χ1n) is 9.52. The predicted molar refractivity (Wildman–Crippen MR) is 106 cm³/mol. The molecule has 4 N–H and O–H groups in total. The van der Waals surface area contributed by atoms with Gasteiger partial charge in [0.2, 0.25) is 11.8 Å². The third kappa shape index (κ3) is 6.62. The number of nitrogens with one attached hydrogen (secondary N) is 2. The third-order valence-electron chi connectivity index (χ3n) is 4.84. The van der Waals surface area contributed by atoms with Crippen LogP contribution in [-0.2, 0) is 9.59 Å². The quantitative estimate of drug-likeness (QED) is 0.548. The number of rotatable bonds is 9. The minimum absolute atomic E-state index is 0.00710. The Morgan fingerprint density at radius 3 is 2.78 bits per heavy atom. The number of hydrogen-bond acceptors (Lipinski definition) is 5. The summed E-state index contributed by atoms with van der Waals surface area (Å²) in [6, 6.07) is 2.99. The van der Waals surface area contributed by atoms with Crippen LogP contribution in [0.25, 0.3) is 0 Å². The van der Waals surface area contributed by atoms with E-state index in [2.05, 4.69) is 15.5 Å². The number of carbonyl (C=O) groups is 3. The number of nitrogens with two attached hydrogens (primary N) is 1. The van der Waals surface area contributed by atoms with Gasteiger partial charge in [-0.2, -0.15) is 0 Å². The lowest BCUT2D eigenvalue weighted by molar-refractivity contribution is -0.124. The van der Waals surface area contributed by atoms with Gasteiger partial charge < -0.3 is 21.3 Å². The highest BCUT2D eigenvalue weighted by molar-refractivity contribution is 7.12. The molecule has 1 aliphatic heterocycles. The molecular formula is C19H30N4O3S. The van der Waals surface area contributed by atoms with E-state index in [4.69, 9.17) is 5.73 Å². The molecule has 2 unspecified atom stereocenters. The smallest absolute Gasteiger partial charge is 0.262 e. The van der Waals surface area contributed by atoms with Crippen molar-refractivity contribution in [3.05, 3.63) is 22.4 Å². The zero-order valence-corrected chi connectivity index (χ0v) is 16.9. The zero-order chi connectivity index (χ0) is 19.8. The van der Waals surface area contributed by atoms with Crippen LogP contribution in [0, 0.1) is 11.8 Å². The molecular weight excluding hydrogens is 364 g/mol. The lowest BCUT2D eigenvalue weighted by atomic mass is 9.97. The van der Waals surface area contributed by atoms with Gasteiger partial charge in [0.05, 0.1) is 10.8 Å². The summed E-state index contributed by atoms with van der Waals surface area (Å²) in [6.07, 6.45) is 2.63. The SMILES string of the molecule is CC(C)C(NC(=O)c1cccs1)C(=O)NCCCN1CCCC(C(N)=O)C1. The van der Waals surface area contributed by atoms with Gasteiger partial charge in [-0.25, -0.2) is 0 Å². The Hall–Kier alpha value is -1.93. The molecule has 2 atom stereocenters. The standard InChI is InChI=1S/C19H30N4O3S/c1-13(2)16(22-18(25)15-7-4-11-27-15)19(26)21-8-5-10-23-9-3-6-14(12-23)17(20)24/h4,7,11,13-14,16H,3,5-6,8-10,12H2,1-2H3,(H2,20,24)(H,21,26)(H,22,25). The fourth-order valence-electron chi connectivity index (χ4n) is 3.27. The van der Waals surface area contributed by atoms with Crippen LogP contribution in [-0.4, -0.2) is 54.8 Å². The number of carbonyl (C=O) groups excluding carboxylic acids is 3. The van der Waals surface area contributed by atoms with E-state index in [0.29, 0.717) is 18.0 Å². The second-order valence-electron chi connectivity index (χ2n) is 7.36. The van der Waals surface area contributed by atoms with Gasteiger partial charge in [-0.1, -0.05) is 19.9 Å². The molecule has 0 radical (unpaired) electrons. The zero-order valence-electron chi connectivity index (χ0n) is 16.1. The summed E-state index contributed by atoms with van der Waals surface area (Å²) >= 11 is 1.35. The van der Waals surface area contributed by atoms with Gasteiger partial charge in [-0.15, -0.1) is 11.3 Å². The molecule has 0 saturated carbocycles. The van der Waals surface area contributed by atoms with Crippen molar-refractivity contribution >= 4 is 29.1 Å². The van der Waals surface area contributed by atoms with E-state index in [1.807, 2.05) is 25.3 Å². The molecule has 2 rings (SSSR count). The van der Waals surface area contributed by atoms with Crippen molar-refractivity contribution in [1.29, 1.82) is 0 Å². The molecule has 7 nitrogen and oxygen atoms in total. The summed E-state index contributed by atoms with van der Waals surface area (Å²) in [7, 11) is 0. The van der Waals surface area contributed by atoms with Gasteiger partial charge in [-0.05, 0) is 49.7 Å². The van der Waals surface area contributed by atoms with E-state index in [9.17, 15) is 14.4 Å². The van der Waals surface area contributed by atoms with Crippen LogP contribution in [0.4, 0.5) is 0 Å². The average Bonchev–Trinajstić information content (AvgIpc) is 3.17. The molecule has 3 amide bonds. The summed E-state index contributed by atoms with van der Waals surface area (Å²) in [5.74, 6) is -0.680. The Labute approximate surface area is 164 Å². The van der Waals surface area contributed by atoms with Gasteiger partial charge in [-0.3, -0.25) is 14.4 Å². The van der Waals surface area contributed by atoms with E-state index >= 15 is 0 Å². The summed E-state index contributed by atoms with van der Waals surface area (Å²) in [4.78, 5) is 38.9. The second-order valence-corrected chi connectivity index (χ2v) is 8.31. The van der Waals surface area contributed by atoms with E-state index < -0.39 is 6.04 Å². The van der Waals surface area contributed by atoms with E-state index in [1.165, 1.54) is 11.3 Å². The molecule has 27 heavy (non-hydrogen) atoms. The first-order chi connectivity index (χ1) is 12.9. The topological polar surface area (TPSA) is 105 Å². The van der Waals surface area contributed by atoms with Crippen molar-refractivity contribution in [2.24, 2.45) is 17.6 Å². The highest BCUT2D eigenvalue weighted by Crippen LogP contribution is 2.16. The molecule has 2 heterocycles. The molecule has 1 aliphatic rings. The van der Waals surface area contributed by atoms with Crippen molar-refractivity contribution in [3.63, 3.8) is 0 Å². The number of primary amides is 1. The first-order valence-corrected chi connectivity index (χ1v) is 10.4. The van der Waals surface area contributed by atoms with E-state index in [1.54, 1.807) is 6.07 Å². The number of nitrogens with zero attached hydrogens (tertiary/aromatic N) is 1. The lowest BCUT2D eigenvalue weighted by Gasteiger charge is -2.31. The second kappa shape index (κ2) is 10.4. The number of hydrogen-bond donors (Lipinski definition) is 3. The number of likely N-dealkylation sites (tertiary alicyclic amines) is 1. The Balaban J connectivity index is 1.74. The van der Waals surface area contributed by atoms with Crippen LogP contribution in [0.1, 0.15) is 42.8 Å². The Morgan fingerprint density at radius 1 is 1.37 bits per heavy atom. The van der Waals surface area contributed by atoms with Crippen LogP contribution in [0.2, 0.25) is 0 Å². The van der Waals surface area contributed by atoms with Gasteiger partial charge in [0.15, 0.2) is 0 Å². The molecule has 0 aromatic carbocycles. The fraction of sp³-hybridized carbons (Fsp3) is 0.632. The molecule has 1 aromatic heterocycles. The van der Waals surface area contributed by atoms with Crippen molar-refractivity contribution < 1.29 is 14.4 Å². The molecule has 1 saturated heterocycles. The molecule has 1 aromatic rings. The summed E-state index contributed by atoms with van der Waals surface area (Å²) in [6.45, 7) is 6.85. The Morgan fingerprint density at radius 2 is 2.15 bits per heavy atom. The minimum Gasteiger partial charge on any atom is -0.369 e. The molecule has 150 valence electrons. The molecule has 8 heteroatoms. The van der Waals surface area contributed by atoms with E-state index in [-0.39, 0.29) is 29.6 Å². The van der Waals surface area contributed by atoms with Crippen LogP contribution in [0.15, 0.2) is 17.5 Å². The molecule has 1 fully saturated rings. The van der Waals surface area contributed by atoms with Crippen LogP contribution < -0.4 is 16.4 Å². The Bertz CT molecular complexity index is 633. The minimum atomic E-state index is -0.561. The summed E-state index contributed by atoms with van der Waals surface area (Å²) < 4.78 is 0. The van der Waals surface area contributed by atoms with Crippen molar-refractivity contribution in [2.75, 3.05) is 26.2 Å². The van der Waals surface area contributed by atoms with Gasteiger partial charge >= 0.3 is 0 Å². The monoisotopic (exact) mass is 394 g/mol. The molecule has 0 spiro atoms. The maximum atomic E-state index is 12.5. The van der Waals surface area contributed by atoms with E-state index in [0.717, 1.165) is 32.4 Å². The van der Waals surface area contributed by atoms with Crippen LogP contribution in [0.5, 0.6) is 0 Å². The van der Waals surface area contributed by atoms with Crippen molar-refractivity contribution in [1.82, 2.24) is 15.5 Å². The predicted octanol–water partition coefficient (Wildman–Crippen LogP) is 1.21. The Kier molecular flexibility index (Phi) is 8.24. The average molecular weight is 395 g/mol. The number of piperidine rings is 1. The van der Waals surface area contributed by atoms with Crippen molar-refractivity contribution in [2.45, 2.75) is 39.2 Å². The lowest BCUT2D eigenvalue weighted by Crippen LogP contribution is -2.50. The molecule has 0 bridgehead atoms. The maximum Gasteiger partial charge on any atom is 0.262 e. The fourth-order valence-corrected chi connectivity index (χ4v) is 3.90. The first kappa shape index (κ1) is 21.4. The largest absolute Gasteiger partial charge is 0.369 e. The highest BCUT2D eigenvalue weighted by atomic mass is 32.1.